The topological polar surface area (TPSA) is 109 Å². The van der Waals surface area contributed by atoms with Crippen molar-refractivity contribution in [3.8, 4) is 5.82 Å². The van der Waals surface area contributed by atoms with Crippen molar-refractivity contribution in [2.45, 2.75) is 13.6 Å². The summed E-state index contributed by atoms with van der Waals surface area (Å²) in [4.78, 5) is 28.5. The molecule has 1 aliphatic rings. The number of aromatic nitrogens is 4. The quantitative estimate of drug-likeness (QED) is 0.280. The Morgan fingerprint density at radius 1 is 1.08 bits per heavy atom. The molecular formula is C28H31FN8O2. The van der Waals surface area contributed by atoms with Gasteiger partial charge in [-0.25, -0.2) is 19.3 Å². The van der Waals surface area contributed by atoms with Crippen molar-refractivity contribution in [3.05, 3.63) is 83.9 Å². The minimum absolute atomic E-state index is 0.291. The van der Waals surface area contributed by atoms with Crippen LogP contribution in [-0.2, 0) is 11.4 Å². The molecule has 1 saturated heterocycles. The highest BCUT2D eigenvalue weighted by Crippen LogP contribution is 2.24. The van der Waals surface area contributed by atoms with Crippen molar-refractivity contribution in [2.24, 2.45) is 0 Å². The summed E-state index contributed by atoms with van der Waals surface area (Å²) >= 11 is 0. The molecule has 1 amide bonds. The summed E-state index contributed by atoms with van der Waals surface area (Å²) in [5.41, 5.74) is 3.17. The molecule has 3 heterocycles. The van der Waals surface area contributed by atoms with E-state index >= 15 is 0 Å². The average Bonchev–Trinajstić information content (AvgIpc) is 3.43. The molecule has 0 aliphatic carbocycles. The third-order valence-corrected chi connectivity index (χ3v) is 6.46. The van der Waals surface area contributed by atoms with E-state index in [2.05, 4.69) is 35.8 Å². The molecule has 0 saturated carbocycles. The Balaban J connectivity index is 1.27. The van der Waals surface area contributed by atoms with Crippen LogP contribution in [0.25, 0.3) is 5.82 Å². The third kappa shape index (κ3) is 6.75. The maximum atomic E-state index is 13.0. The molecule has 11 heteroatoms. The van der Waals surface area contributed by atoms with Gasteiger partial charge < -0.3 is 20.7 Å². The van der Waals surface area contributed by atoms with Gasteiger partial charge in [0, 0.05) is 61.6 Å². The molecule has 1 aliphatic heterocycles. The second kappa shape index (κ2) is 12.5. The fraction of sp³-hybridized carbons (Fsp3) is 0.286. The first-order chi connectivity index (χ1) is 19.1. The Hall–Kier alpha value is -4.35. The van der Waals surface area contributed by atoms with Crippen LogP contribution >= 0.6 is 0 Å². The van der Waals surface area contributed by atoms with E-state index in [1.165, 1.54) is 6.33 Å². The predicted molar refractivity (Wildman–Crippen MR) is 149 cm³/mol. The van der Waals surface area contributed by atoms with E-state index in [9.17, 15) is 9.18 Å². The number of hydrogen-bond acceptors (Lipinski definition) is 8. The summed E-state index contributed by atoms with van der Waals surface area (Å²) in [6.45, 7) is 6.45. The van der Waals surface area contributed by atoms with Gasteiger partial charge in [-0.15, -0.1) is 0 Å². The third-order valence-electron chi connectivity index (χ3n) is 6.46. The zero-order chi connectivity index (χ0) is 27.0. The fourth-order valence-electron chi connectivity index (χ4n) is 4.28. The predicted octanol–water partition coefficient (Wildman–Crippen LogP) is 4.18. The van der Waals surface area contributed by atoms with E-state index in [1.807, 2.05) is 29.8 Å². The molecule has 3 N–H and O–H groups in total. The minimum Gasteiger partial charge on any atom is -0.379 e. The summed E-state index contributed by atoms with van der Waals surface area (Å²) < 4.78 is 20.2. The van der Waals surface area contributed by atoms with Crippen LogP contribution in [0.4, 0.5) is 27.5 Å². The fourth-order valence-corrected chi connectivity index (χ4v) is 4.28. The number of halogens is 1. The second-order valence-corrected chi connectivity index (χ2v) is 9.21. The molecule has 5 rings (SSSR count). The Morgan fingerprint density at radius 3 is 2.79 bits per heavy atom. The largest absolute Gasteiger partial charge is 0.379 e. The number of hydrogen-bond donors (Lipinski definition) is 3. The molecule has 39 heavy (non-hydrogen) atoms. The Labute approximate surface area is 226 Å². The van der Waals surface area contributed by atoms with E-state index in [1.54, 1.807) is 42.6 Å². The monoisotopic (exact) mass is 530 g/mol. The molecule has 2 aromatic heterocycles. The number of carbonyl (C=O) groups is 1. The van der Waals surface area contributed by atoms with Crippen molar-refractivity contribution >= 4 is 29.0 Å². The number of carbonyl (C=O) groups excluding carboxylic acids is 1. The summed E-state index contributed by atoms with van der Waals surface area (Å²) in [6.07, 6.45) is 5.01. The Kier molecular flexibility index (Phi) is 8.39. The van der Waals surface area contributed by atoms with E-state index < -0.39 is 6.67 Å². The lowest BCUT2D eigenvalue weighted by Gasteiger charge is -2.26. The van der Waals surface area contributed by atoms with Crippen LogP contribution < -0.4 is 16.0 Å². The number of anilines is 4. The van der Waals surface area contributed by atoms with Crippen molar-refractivity contribution in [3.63, 3.8) is 0 Å². The zero-order valence-corrected chi connectivity index (χ0v) is 21.7. The lowest BCUT2D eigenvalue weighted by atomic mass is 10.1. The molecule has 0 radical (unpaired) electrons. The molecule has 0 unspecified atom stereocenters. The number of amides is 1. The maximum absolute atomic E-state index is 13.0. The Morgan fingerprint density at radius 2 is 1.95 bits per heavy atom. The van der Waals surface area contributed by atoms with Crippen LogP contribution in [0.3, 0.4) is 0 Å². The number of morpholine rings is 1. The standard InChI is InChI=1S/C28H31FN8O2/c1-20-5-6-22(27(38)34-23-4-2-3-21(15-23)18-29)16-24(20)35-28-31-8-10-37(28)26-17-25(32-19-33-26)30-7-9-36-11-13-39-14-12-36/h2-6,8,10,15-17,19H,7,9,11-14,18H2,1H3,(H,31,35)(H,34,38)(H,30,32,33). The lowest BCUT2D eigenvalue weighted by molar-refractivity contribution is 0.0398. The minimum atomic E-state index is -0.590. The normalized spacial score (nSPS) is 13.7. The van der Waals surface area contributed by atoms with Crippen molar-refractivity contribution < 1.29 is 13.9 Å². The molecule has 0 spiro atoms. The van der Waals surface area contributed by atoms with Gasteiger partial charge in [-0.2, -0.15) is 0 Å². The van der Waals surface area contributed by atoms with E-state index in [0.29, 0.717) is 28.6 Å². The van der Waals surface area contributed by atoms with E-state index in [4.69, 9.17) is 4.74 Å². The number of ether oxygens (including phenoxy) is 1. The lowest BCUT2D eigenvalue weighted by Crippen LogP contribution is -2.39. The van der Waals surface area contributed by atoms with Crippen LogP contribution in [-0.4, -0.2) is 69.7 Å². The molecular weight excluding hydrogens is 499 g/mol. The van der Waals surface area contributed by atoms with Gasteiger partial charge in [0.05, 0.1) is 13.2 Å². The second-order valence-electron chi connectivity index (χ2n) is 9.21. The summed E-state index contributed by atoms with van der Waals surface area (Å²) in [7, 11) is 0. The molecule has 0 atom stereocenters. The van der Waals surface area contributed by atoms with Gasteiger partial charge in [0.2, 0.25) is 5.95 Å². The first-order valence-corrected chi connectivity index (χ1v) is 12.8. The van der Waals surface area contributed by atoms with Crippen LogP contribution in [0.1, 0.15) is 21.5 Å². The molecule has 2 aromatic carbocycles. The van der Waals surface area contributed by atoms with Gasteiger partial charge in [0.1, 0.15) is 24.6 Å². The SMILES string of the molecule is Cc1ccc(C(=O)Nc2cccc(CF)c2)cc1Nc1nccn1-c1cc(NCCN2CCOCC2)ncn1. The van der Waals surface area contributed by atoms with Gasteiger partial charge in [0.15, 0.2) is 0 Å². The van der Waals surface area contributed by atoms with Crippen molar-refractivity contribution in [2.75, 3.05) is 55.3 Å². The van der Waals surface area contributed by atoms with Crippen LogP contribution in [0.5, 0.6) is 0 Å². The highest BCUT2D eigenvalue weighted by molar-refractivity contribution is 6.05. The number of nitrogens with one attached hydrogen (secondary N) is 3. The van der Waals surface area contributed by atoms with E-state index in [-0.39, 0.29) is 5.91 Å². The molecule has 4 aromatic rings. The van der Waals surface area contributed by atoms with Gasteiger partial charge in [-0.1, -0.05) is 18.2 Å². The first kappa shape index (κ1) is 26.3. The zero-order valence-electron chi connectivity index (χ0n) is 21.7. The van der Waals surface area contributed by atoms with Crippen molar-refractivity contribution in [1.29, 1.82) is 0 Å². The summed E-state index contributed by atoms with van der Waals surface area (Å²) in [5.74, 6) is 1.63. The van der Waals surface area contributed by atoms with Gasteiger partial charge in [-0.3, -0.25) is 14.3 Å². The highest BCUT2D eigenvalue weighted by Gasteiger charge is 2.13. The number of aryl methyl sites for hydroxylation is 1. The molecule has 0 bridgehead atoms. The summed E-state index contributed by atoms with van der Waals surface area (Å²) in [6, 6.07) is 14.0. The highest BCUT2D eigenvalue weighted by atomic mass is 19.1. The van der Waals surface area contributed by atoms with Gasteiger partial charge in [-0.05, 0) is 42.3 Å². The average molecular weight is 531 g/mol. The Bertz CT molecular complexity index is 1420. The maximum Gasteiger partial charge on any atom is 0.255 e. The first-order valence-electron chi connectivity index (χ1n) is 12.8. The molecule has 1 fully saturated rings. The van der Waals surface area contributed by atoms with Crippen LogP contribution in [0.2, 0.25) is 0 Å². The number of imidazole rings is 1. The van der Waals surface area contributed by atoms with Crippen LogP contribution in [0, 0.1) is 6.92 Å². The number of nitrogens with zero attached hydrogens (tertiary/aromatic N) is 5. The van der Waals surface area contributed by atoms with Gasteiger partial charge in [0.25, 0.3) is 5.91 Å². The molecule has 10 nitrogen and oxygen atoms in total. The number of rotatable bonds is 10. The van der Waals surface area contributed by atoms with Crippen molar-refractivity contribution in [1.82, 2.24) is 24.4 Å². The summed E-state index contributed by atoms with van der Waals surface area (Å²) in [5, 5.41) is 9.52. The number of alkyl halides is 1. The van der Waals surface area contributed by atoms with E-state index in [0.717, 1.165) is 56.5 Å². The molecule has 202 valence electrons. The number of benzene rings is 2. The van der Waals surface area contributed by atoms with Gasteiger partial charge >= 0.3 is 0 Å². The smallest absolute Gasteiger partial charge is 0.255 e. The van der Waals surface area contributed by atoms with Crippen LogP contribution in [0.15, 0.2) is 67.3 Å².